The number of carbonyl (C=O) groups is 1. The van der Waals surface area contributed by atoms with Crippen LogP contribution in [0.5, 0.6) is 0 Å². The molecule has 0 amide bonds. The Kier molecular flexibility index (Phi) is 11.6. The van der Waals surface area contributed by atoms with Crippen molar-refractivity contribution in [3.63, 3.8) is 0 Å². The number of rotatable bonds is 12. The zero-order valence-corrected chi connectivity index (χ0v) is 32.2. The summed E-state index contributed by atoms with van der Waals surface area (Å²) in [4.78, 5) is 14.1. The van der Waals surface area contributed by atoms with Crippen LogP contribution in [0.3, 0.4) is 0 Å². The summed E-state index contributed by atoms with van der Waals surface area (Å²) in [5.74, 6) is -0.438. The second-order valence-corrected chi connectivity index (χ2v) is 14.0. The minimum Gasteiger partial charge on any atom is -0.458 e. The molecule has 0 heterocycles. The van der Waals surface area contributed by atoms with E-state index >= 15 is 0 Å². The number of nitrogens with zero attached hydrogens (tertiary/aromatic N) is 1. The molecule has 0 fully saturated rings. The quantitative estimate of drug-likeness (QED) is 0.0713. The maximum atomic E-state index is 11.8. The molecule has 274 valence electrons. The standard InChI is InChI=1S/C53H45NO2/c1-5-53(55)56-37-43-25-32-52(40(4)34-43)54(48-28-21-41(22-29-48)35-50(44-14-8-6-9-15-44)46-26-19-38(2)20-27-46)49-30-23-42(24-31-49)36-51(45-16-10-7-11-17-45)47-18-12-13-39(3)33-47/h5-36H,1,37H2,2-4H3/b50-35+,51-36-. The Hall–Kier alpha value is -6.97. The third-order valence-electron chi connectivity index (χ3n) is 9.84. The van der Waals surface area contributed by atoms with Gasteiger partial charge in [0.15, 0.2) is 0 Å². The summed E-state index contributed by atoms with van der Waals surface area (Å²) in [5, 5.41) is 0. The highest BCUT2D eigenvalue weighted by molar-refractivity contribution is 5.93. The van der Waals surface area contributed by atoms with Crippen LogP contribution in [0.25, 0.3) is 23.3 Å². The summed E-state index contributed by atoms with van der Waals surface area (Å²) < 4.78 is 5.35. The molecule has 0 saturated carbocycles. The maximum absolute atomic E-state index is 11.8. The average molecular weight is 728 g/mol. The number of benzene rings is 7. The number of hydrogen-bond donors (Lipinski definition) is 0. The molecule has 0 aromatic heterocycles. The van der Waals surface area contributed by atoms with Crippen LogP contribution in [0.1, 0.15) is 55.6 Å². The molecule has 3 heteroatoms. The lowest BCUT2D eigenvalue weighted by atomic mass is 9.94. The fourth-order valence-corrected chi connectivity index (χ4v) is 6.92. The third-order valence-corrected chi connectivity index (χ3v) is 9.84. The monoisotopic (exact) mass is 727 g/mol. The Bertz CT molecular complexity index is 2490. The Labute approximate surface area is 331 Å². The van der Waals surface area contributed by atoms with E-state index in [0.29, 0.717) is 0 Å². The maximum Gasteiger partial charge on any atom is 0.330 e. The summed E-state index contributed by atoms with van der Waals surface area (Å²) in [5.41, 5.74) is 16.8. The van der Waals surface area contributed by atoms with E-state index < -0.39 is 5.97 Å². The molecule has 0 atom stereocenters. The van der Waals surface area contributed by atoms with E-state index in [1.807, 2.05) is 6.07 Å². The second-order valence-electron chi connectivity index (χ2n) is 14.0. The van der Waals surface area contributed by atoms with E-state index in [1.165, 1.54) is 50.6 Å². The molecule has 7 aromatic rings. The van der Waals surface area contributed by atoms with Crippen LogP contribution in [-0.2, 0) is 16.1 Å². The molecule has 0 bridgehead atoms. The van der Waals surface area contributed by atoms with Crippen LogP contribution in [0.2, 0.25) is 0 Å². The topological polar surface area (TPSA) is 29.5 Å². The summed E-state index contributed by atoms with van der Waals surface area (Å²) in [6, 6.07) is 62.1. The van der Waals surface area contributed by atoms with Crippen LogP contribution < -0.4 is 4.90 Å². The molecule has 0 saturated heterocycles. The smallest absolute Gasteiger partial charge is 0.330 e. The first-order valence-corrected chi connectivity index (χ1v) is 18.9. The predicted octanol–water partition coefficient (Wildman–Crippen LogP) is 13.5. The van der Waals surface area contributed by atoms with Gasteiger partial charge in [-0.05, 0) is 119 Å². The minimum absolute atomic E-state index is 0.184. The number of anilines is 3. The van der Waals surface area contributed by atoms with Crippen LogP contribution in [0.4, 0.5) is 17.1 Å². The molecule has 0 aliphatic carbocycles. The number of carbonyl (C=O) groups excluding carboxylic acids is 1. The molecular weight excluding hydrogens is 683 g/mol. The van der Waals surface area contributed by atoms with Gasteiger partial charge in [0.2, 0.25) is 0 Å². The molecule has 7 aromatic carbocycles. The molecule has 0 spiro atoms. The van der Waals surface area contributed by atoms with E-state index in [2.05, 4.69) is 214 Å². The highest BCUT2D eigenvalue weighted by atomic mass is 16.5. The van der Waals surface area contributed by atoms with Gasteiger partial charge in [-0.2, -0.15) is 0 Å². The molecular formula is C53H45NO2. The van der Waals surface area contributed by atoms with E-state index in [-0.39, 0.29) is 6.61 Å². The van der Waals surface area contributed by atoms with Crippen LogP contribution in [0, 0.1) is 20.8 Å². The lowest BCUT2D eigenvalue weighted by Gasteiger charge is -2.27. The van der Waals surface area contributed by atoms with Crippen molar-refractivity contribution in [1.29, 1.82) is 0 Å². The van der Waals surface area contributed by atoms with Crippen LogP contribution in [0.15, 0.2) is 189 Å². The largest absolute Gasteiger partial charge is 0.458 e. The Balaban J connectivity index is 1.28. The molecule has 56 heavy (non-hydrogen) atoms. The van der Waals surface area contributed by atoms with Gasteiger partial charge in [0.25, 0.3) is 0 Å². The van der Waals surface area contributed by atoms with Crippen LogP contribution >= 0.6 is 0 Å². The van der Waals surface area contributed by atoms with Crippen molar-refractivity contribution in [2.24, 2.45) is 0 Å². The van der Waals surface area contributed by atoms with Gasteiger partial charge in [0.1, 0.15) is 6.61 Å². The van der Waals surface area contributed by atoms with Crippen molar-refractivity contribution in [3.8, 4) is 0 Å². The van der Waals surface area contributed by atoms with E-state index in [9.17, 15) is 4.79 Å². The Morgan fingerprint density at radius 2 is 1.05 bits per heavy atom. The van der Waals surface area contributed by atoms with Gasteiger partial charge in [0.05, 0.1) is 0 Å². The highest BCUT2D eigenvalue weighted by Gasteiger charge is 2.16. The molecule has 0 unspecified atom stereocenters. The molecule has 0 N–H and O–H groups in total. The fraction of sp³-hybridized carbons (Fsp3) is 0.0755. The number of ether oxygens (including phenoxy) is 1. The molecule has 0 aliphatic rings. The fourth-order valence-electron chi connectivity index (χ4n) is 6.92. The second kappa shape index (κ2) is 17.4. The summed E-state index contributed by atoms with van der Waals surface area (Å²) >= 11 is 0. The van der Waals surface area contributed by atoms with Gasteiger partial charge >= 0.3 is 5.97 Å². The first-order chi connectivity index (χ1) is 27.3. The van der Waals surface area contributed by atoms with Gasteiger partial charge in [-0.25, -0.2) is 4.79 Å². The number of hydrogen-bond acceptors (Lipinski definition) is 3. The van der Waals surface area contributed by atoms with E-state index in [0.717, 1.165) is 39.3 Å². The third kappa shape index (κ3) is 9.03. The predicted molar refractivity (Wildman–Crippen MR) is 235 cm³/mol. The summed E-state index contributed by atoms with van der Waals surface area (Å²) in [7, 11) is 0. The van der Waals surface area contributed by atoms with Gasteiger partial charge < -0.3 is 9.64 Å². The van der Waals surface area contributed by atoms with Gasteiger partial charge in [-0.15, -0.1) is 0 Å². The lowest BCUT2D eigenvalue weighted by molar-refractivity contribution is -0.138. The van der Waals surface area contributed by atoms with Crippen molar-refractivity contribution in [2.45, 2.75) is 27.4 Å². The molecule has 3 nitrogen and oxygen atoms in total. The van der Waals surface area contributed by atoms with Gasteiger partial charge in [-0.1, -0.05) is 163 Å². The lowest BCUT2D eigenvalue weighted by Crippen LogP contribution is -2.12. The summed E-state index contributed by atoms with van der Waals surface area (Å²) in [6.07, 6.45) is 5.72. The van der Waals surface area contributed by atoms with Crippen molar-refractivity contribution >= 4 is 46.3 Å². The Morgan fingerprint density at radius 3 is 1.57 bits per heavy atom. The van der Waals surface area contributed by atoms with Gasteiger partial charge in [-0.3, -0.25) is 0 Å². The SMILES string of the molecule is C=CC(=O)OCc1ccc(N(c2ccc(/C=C(/c3ccccc3)c3cccc(C)c3)cc2)c2ccc(/C=C(\c3ccccc3)c3ccc(C)cc3)cc2)c(C)c1. The number of esters is 1. The first kappa shape index (κ1) is 37.3. The highest BCUT2D eigenvalue weighted by Crippen LogP contribution is 2.38. The van der Waals surface area contributed by atoms with E-state index in [1.54, 1.807) is 0 Å². The zero-order chi connectivity index (χ0) is 38.9. The van der Waals surface area contributed by atoms with Crippen molar-refractivity contribution < 1.29 is 9.53 Å². The van der Waals surface area contributed by atoms with Crippen molar-refractivity contribution in [1.82, 2.24) is 0 Å². The average Bonchev–Trinajstić information content (AvgIpc) is 3.24. The normalized spacial score (nSPS) is 11.6. The number of aryl methyl sites for hydroxylation is 3. The Morgan fingerprint density at radius 1 is 0.536 bits per heavy atom. The minimum atomic E-state index is -0.438. The van der Waals surface area contributed by atoms with Crippen LogP contribution in [-0.4, -0.2) is 5.97 Å². The van der Waals surface area contributed by atoms with Crippen molar-refractivity contribution in [2.75, 3.05) is 4.90 Å². The first-order valence-electron chi connectivity index (χ1n) is 18.9. The molecule has 7 rings (SSSR count). The molecule has 0 aliphatic heterocycles. The molecule has 0 radical (unpaired) electrons. The van der Waals surface area contributed by atoms with E-state index in [4.69, 9.17) is 4.74 Å². The van der Waals surface area contributed by atoms with Gasteiger partial charge in [0, 0.05) is 23.1 Å². The van der Waals surface area contributed by atoms with Crippen molar-refractivity contribution in [3.05, 3.63) is 244 Å². The zero-order valence-electron chi connectivity index (χ0n) is 32.2. The summed E-state index contributed by atoms with van der Waals surface area (Å²) in [6.45, 7) is 10.0.